The molecule has 17 aromatic rings. The summed E-state index contributed by atoms with van der Waals surface area (Å²) in [5.41, 5.74) is 9.19. The number of benzene rings is 15. The molecule has 0 aliphatic heterocycles. The summed E-state index contributed by atoms with van der Waals surface area (Å²) in [6.45, 7) is 1.57. The van der Waals surface area contributed by atoms with Gasteiger partial charge in [0.25, 0.3) is 0 Å². The zero-order valence-corrected chi connectivity index (χ0v) is 49.3. The average molecular weight is 1190 g/mol. The number of rotatable bonds is 8. The van der Waals surface area contributed by atoms with Crippen LogP contribution < -0.4 is 0 Å². The van der Waals surface area contributed by atoms with Gasteiger partial charge in [-0.05, 0) is 147 Å². The highest BCUT2D eigenvalue weighted by molar-refractivity contribution is 6.27. The summed E-state index contributed by atoms with van der Waals surface area (Å²) in [6, 6.07) is 69.3. The van der Waals surface area contributed by atoms with E-state index in [-0.39, 0.29) is 88.1 Å². The van der Waals surface area contributed by atoms with Crippen molar-refractivity contribution in [3.63, 3.8) is 0 Å². The SMILES string of the molecule is [2H]c1c([2H])c([2H])c(-c2cccc(-c3nc(-c4cccc(-c5c([2H])c([2H])c(C)c([2H])c5[2H])c4)nc(-c4ccc5c6ccccc6c6ccccc6c5c4)n3)c2)c([2H])c1[2H].[2H]c1c([2H])c([2H])c(-c2nc(-c3ccc4c5ccccc5c5ccccc5c4c3)nc(-c3cccc4c3Cc3ccccc3-4)n2)c([2H])c1[2H]. The van der Waals surface area contributed by atoms with E-state index in [0.29, 0.717) is 51.7 Å². The summed E-state index contributed by atoms with van der Waals surface area (Å²) < 4.78 is 118. The van der Waals surface area contributed by atoms with Crippen LogP contribution in [0.1, 0.15) is 35.9 Å². The lowest BCUT2D eigenvalue weighted by atomic mass is 9.93. The Morgan fingerprint density at radius 1 is 0.239 bits per heavy atom. The van der Waals surface area contributed by atoms with E-state index < -0.39 is 36.3 Å². The third-order valence-corrected chi connectivity index (χ3v) is 17.2. The van der Waals surface area contributed by atoms with Crippen LogP contribution >= 0.6 is 0 Å². The lowest BCUT2D eigenvalue weighted by Crippen LogP contribution is -2.02. The minimum Gasteiger partial charge on any atom is -0.208 e. The monoisotopic (exact) mass is 1190 g/mol. The molecule has 2 heterocycles. The Morgan fingerprint density at radius 3 is 1.05 bits per heavy atom. The van der Waals surface area contributed by atoms with Crippen LogP contribution in [0.25, 0.3) is 166 Å². The molecule has 2 aromatic heterocycles. The zero-order chi connectivity index (χ0) is 73.2. The Morgan fingerprint density at radius 2 is 0.576 bits per heavy atom. The first-order valence-corrected chi connectivity index (χ1v) is 30.1. The quantitative estimate of drug-likeness (QED) is 0.141. The van der Waals surface area contributed by atoms with Crippen LogP contribution in [0, 0.1) is 6.92 Å². The molecule has 15 aromatic carbocycles. The molecule has 430 valence electrons. The molecule has 0 radical (unpaired) electrons. The second-order valence-corrected chi connectivity index (χ2v) is 22.6. The van der Waals surface area contributed by atoms with Crippen LogP contribution in [-0.2, 0) is 6.42 Å². The predicted molar refractivity (Wildman–Crippen MR) is 381 cm³/mol. The topological polar surface area (TPSA) is 77.3 Å². The first-order chi connectivity index (χ1) is 51.3. The largest absolute Gasteiger partial charge is 0.208 e. The van der Waals surface area contributed by atoms with E-state index in [2.05, 4.69) is 97.1 Å². The Labute approximate surface area is 552 Å². The summed E-state index contributed by atoms with van der Waals surface area (Å²) in [4.78, 5) is 29.6. The van der Waals surface area contributed by atoms with Crippen molar-refractivity contribution < 1.29 is 19.2 Å². The fourth-order valence-electron chi connectivity index (χ4n) is 12.9. The van der Waals surface area contributed by atoms with Crippen LogP contribution in [0.4, 0.5) is 0 Å². The minimum absolute atomic E-state index is 0.0311. The maximum atomic E-state index is 8.74. The minimum atomic E-state index is -0.473. The molecule has 0 amide bonds. The number of nitrogens with zero attached hydrogens (tertiary/aromatic N) is 6. The van der Waals surface area contributed by atoms with Crippen molar-refractivity contribution in [2.24, 2.45) is 0 Å². The Balaban J connectivity index is 0.000000159. The number of fused-ring (bicyclic) bond motifs is 15. The van der Waals surface area contributed by atoms with Crippen LogP contribution in [0.15, 0.2) is 309 Å². The molecule has 18 rings (SSSR count). The summed E-state index contributed by atoms with van der Waals surface area (Å²) in [5.74, 6) is 1.67. The second-order valence-electron chi connectivity index (χ2n) is 22.6. The van der Waals surface area contributed by atoms with Gasteiger partial charge in [0.2, 0.25) is 0 Å². The molecule has 0 unspecified atom stereocenters. The molecular formula is C86H56N6. The molecule has 1 aliphatic carbocycles. The maximum absolute atomic E-state index is 8.74. The van der Waals surface area contributed by atoms with Gasteiger partial charge in [-0.2, -0.15) is 0 Å². The normalized spacial score (nSPS) is 13.8. The van der Waals surface area contributed by atoms with Crippen molar-refractivity contribution in [1.29, 1.82) is 0 Å². The molecule has 0 N–H and O–H groups in total. The van der Waals surface area contributed by atoms with E-state index in [0.717, 1.165) is 81.5 Å². The number of hydrogen-bond donors (Lipinski definition) is 0. The highest BCUT2D eigenvalue weighted by Crippen LogP contribution is 2.43. The molecule has 0 spiro atoms. The summed E-state index contributed by atoms with van der Waals surface area (Å²) in [6.07, 6.45) is 0.710. The summed E-state index contributed by atoms with van der Waals surface area (Å²) in [7, 11) is 0. The second kappa shape index (κ2) is 22.8. The van der Waals surface area contributed by atoms with Gasteiger partial charge in [0.1, 0.15) is 0 Å². The lowest BCUT2D eigenvalue weighted by molar-refractivity contribution is 1.07. The first kappa shape index (κ1) is 41.2. The van der Waals surface area contributed by atoms with E-state index in [4.69, 9.17) is 49.1 Å². The molecule has 1 aliphatic rings. The molecule has 6 heteroatoms. The summed E-state index contributed by atoms with van der Waals surface area (Å²) in [5, 5.41) is 13.3. The molecular weight excluding hydrogens is 1120 g/mol. The van der Waals surface area contributed by atoms with Crippen LogP contribution in [0.5, 0.6) is 0 Å². The number of hydrogen-bond acceptors (Lipinski definition) is 6. The van der Waals surface area contributed by atoms with Gasteiger partial charge >= 0.3 is 0 Å². The zero-order valence-electron chi connectivity index (χ0n) is 63.3. The van der Waals surface area contributed by atoms with Gasteiger partial charge in [-0.25, -0.2) is 29.9 Å². The van der Waals surface area contributed by atoms with Gasteiger partial charge in [0.05, 0.1) is 19.2 Å². The molecule has 0 atom stereocenters. The molecule has 0 saturated carbocycles. The molecule has 92 heavy (non-hydrogen) atoms. The fourth-order valence-corrected chi connectivity index (χ4v) is 12.9. The van der Waals surface area contributed by atoms with Crippen molar-refractivity contribution >= 4 is 64.6 Å². The van der Waals surface area contributed by atoms with Crippen LogP contribution in [0.2, 0.25) is 0 Å². The smallest absolute Gasteiger partial charge is 0.164 e. The van der Waals surface area contributed by atoms with Crippen LogP contribution in [0.3, 0.4) is 0 Å². The van der Waals surface area contributed by atoms with E-state index in [1.165, 1.54) is 16.5 Å². The molecule has 0 fully saturated rings. The van der Waals surface area contributed by atoms with E-state index >= 15 is 0 Å². The van der Waals surface area contributed by atoms with Gasteiger partial charge in [-0.15, -0.1) is 0 Å². The molecule has 6 nitrogen and oxygen atoms in total. The standard InChI is InChI=1S/C46H31N3.C40H25N3/c1-30-21-23-32(24-22-30)34-14-10-16-36(28-34)45-47-44(35-15-9-13-33(27-35)31-11-3-2-4-12-31)48-46(49-45)37-25-26-42-40-19-6-5-17-38(40)39-18-7-8-20-41(39)43(42)29-37;1-2-11-25(12-3-1)38-41-39(43-40(42-38)35-20-10-19-29-28-14-5-4-13-26(28)23-37(29)35)27-21-22-34-32-17-7-6-15-30(32)31-16-8-9-18-33(31)36(34)24-27/h2-29H,1H3;1-22,24H,23H2/i2D,3D,4D,11D,12D,21D,22D,23D,24D;1D,2D,3D,11D,12D. The predicted octanol–water partition coefficient (Wildman–Crippen LogP) is 21.9. The van der Waals surface area contributed by atoms with E-state index in [1.54, 1.807) is 55.5 Å². The van der Waals surface area contributed by atoms with Gasteiger partial charge in [0.15, 0.2) is 34.9 Å². The lowest BCUT2D eigenvalue weighted by Gasteiger charge is -2.13. The Bertz CT molecular complexity index is 6380. The Kier molecular flexibility index (Phi) is 10.2. The fraction of sp³-hybridized carbons (Fsp3) is 0.0233. The van der Waals surface area contributed by atoms with Crippen molar-refractivity contribution in [2.45, 2.75) is 13.3 Å². The van der Waals surface area contributed by atoms with Gasteiger partial charge in [0, 0.05) is 33.4 Å². The van der Waals surface area contributed by atoms with E-state index in [1.807, 2.05) is 78.9 Å². The third-order valence-electron chi connectivity index (χ3n) is 17.2. The highest BCUT2D eigenvalue weighted by Gasteiger charge is 2.24. The van der Waals surface area contributed by atoms with Gasteiger partial charge < -0.3 is 0 Å². The maximum Gasteiger partial charge on any atom is 0.164 e. The third kappa shape index (κ3) is 9.79. The summed E-state index contributed by atoms with van der Waals surface area (Å²) >= 11 is 0. The highest BCUT2D eigenvalue weighted by atomic mass is 15.0. The van der Waals surface area contributed by atoms with Gasteiger partial charge in [-0.1, -0.05) is 290 Å². The van der Waals surface area contributed by atoms with Crippen molar-refractivity contribution in [3.8, 4) is 102 Å². The van der Waals surface area contributed by atoms with E-state index in [9.17, 15) is 0 Å². The van der Waals surface area contributed by atoms with Crippen molar-refractivity contribution in [2.75, 3.05) is 0 Å². The molecule has 0 bridgehead atoms. The average Bonchev–Trinajstić information content (AvgIpc) is 0.751. The van der Waals surface area contributed by atoms with Crippen molar-refractivity contribution in [1.82, 2.24) is 29.9 Å². The van der Waals surface area contributed by atoms with Crippen molar-refractivity contribution in [3.05, 3.63) is 326 Å². The molecule has 0 saturated heterocycles. The number of aromatic nitrogens is 6. The van der Waals surface area contributed by atoms with Gasteiger partial charge in [-0.3, -0.25) is 0 Å². The first-order valence-electron chi connectivity index (χ1n) is 37.1. The Hall–Kier alpha value is -12.1. The van der Waals surface area contributed by atoms with Crippen LogP contribution in [-0.4, -0.2) is 29.9 Å².